The molecule has 3 unspecified atom stereocenters. The standard InChI is InChI=1S/C15H18ClN3O3.ClH/c16-9-1-3-10(4-2-9)19-6-5-12(15(19)22)18-14(21)13-7-11(20)8-17-13;/h1-4,11-13,17,20H,5-8H2,(H,18,21);1H. The number of hydrogen-bond acceptors (Lipinski definition) is 4. The topological polar surface area (TPSA) is 81.7 Å². The lowest BCUT2D eigenvalue weighted by Gasteiger charge is -2.18. The number of amides is 2. The molecule has 126 valence electrons. The Hall–Kier alpha value is -1.34. The van der Waals surface area contributed by atoms with Gasteiger partial charge < -0.3 is 20.6 Å². The number of aliphatic hydroxyl groups excluding tert-OH is 1. The van der Waals surface area contributed by atoms with Gasteiger partial charge in [0.05, 0.1) is 12.1 Å². The first-order valence-electron chi connectivity index (χ1n) is 7.33. The summed E-state index contributed by atoms with van der Waals surface area (Å²) < 4.78 is 0. The van der Waals surface area contributed by atoms with Crippen molar-refractivity contribution in [2.75, 3.05) is 18.0 Å². The summed E-state index contributed by atoms with van der Waals surface area (Å²) in [5.74, 6) is -0.345. The first-order chi connectivity index (χ1) is 10.5. The summed E-state index contributed by atoms with van der Waals surface area (Å²) >= 11 is 5.85. The Labute approximate surface area is 145 Å². The Balaban J connectivity index is 0.00000192. The molecule has 0 aromatic heterocycles. The van der Waals surface area contributed by atoms with Gasteiger partial charge in [0, 0.05) is 23.8 Å². The maximum Gasteiger partial charge on any atom is 0.249 e. The molecule has 1 aromatic rings. The van der Waals surface area contributed by atoms with Crippen LogP contribution in [0.5, 0.6) is 0 Å². The lowest BCUT2D eigenvalue weighted by molar-refractivity contribution is -0.127. The quantitative estimate of drug-likeness (QED) is 0.742. The largest absolute Gasteiger partial charge is 0.392 e. The molecule has 2 saturated heterocycles. The first-order valence-corrected chi connectivity index (χ1v) is 7.71. The summed E-state index contributed by atoms with van der Waals surface area (Å²) in [4.78, 5) is 26.2. The smallest absolute Gasteiger partial charge is 0.249 e. The molecule has 2 aliphatic heterocycles. The van der Waals surface area contributed by atoms with Gasteiger partial charge in [0.25, 0.3) is 0 Å². The number of hydrogen-bond donors (Lipinski definition) is 3. The number of aliphatic hydroxyl groups is 1. The minimum absolute atomic E-state index is 0. The summed E-state index contributed by atoms with van der Waals surface area (Å²) in [5, 5.41) is 15.8. The van der Waals surface area contributed by atoms with Crippen LogP contribution in [-0.4, -0.2) is 48.2 Å². The van der Waals surface area contributed by atoms with Crippen LogP contribution in [0.15, 0.2) is 24.3 Å². The summed E-state index contributed by atoms with van der Waals surface area (Å²) in [7, 11) is 0. The predicted octanol–water partition coefficient (Wildman–Crippen LogP) is 0.706. The molecule has 23 heavy (non-hydrogen) atoms. The third-order valence-electron chi connectivity index (χ3n) is 4.08. The summed E-state index contributed by atoms with van der Waals surface area (Å²) in [6, 6.07) is 6.12. The van der Waals surface area contributed by atoms with Crippen LogP contribution in [0.4, 0.5) is 5.69 Å². The van der Waals surface area contributed by atoms with Crippen LogP contribution in [0, 0.1) is 0 Å². The van der Waals surface area contributed by atoms with Gasteiger partial charge in [0.2, 0.25) is 11.8 Å². The van der Waals surface area contributed by atoms with Crippen molar-refractivity contribution in [2.45, 2.75) is 31.0 Å². The third kappa shape index (κ3) is 3.95. The zero-order valence-corrected chi connectivity index (χ0v) is 13.9. The van der Waals surface area contributed by atoms with Crippen molar-refractivity contribution in [1.82, 2.24) is 10.6 Å². The highest BCUT2D eigenvalue weighted by atomic mass is 35.5. The van der Waals surface area contributed by atoms with Crippen LogP contribution in [-0.2, 0) is 9.59 Å². The molecule has 3 N–H and O–H groups in total. The van der Waals surface area contributed by atoms with E-state index in [1.807, 2.05) is 0 Å². The fourth-order valence-electron chi connectivity index (χ4n) is 2.88. The van der Waals surface area contributed by atoms with Crippen LogP contribution in [0.3, 0.4) is 0 Å². The van der Waals surface area contributed by atoms with Gasteiger partial charge in [-0.15, -0.1) is 12.4 Å². The lowest BCUT2D eigenvalue weighted by atomic mass is 10.1. The molecule has 3 rings (SSSR count). The highest BCUT2D eigenvalue weighted by Crippen LogP contribution is 2.23. The molecule has 6 nitrogen and oxygen atoms in total. The highest BCUT2D eigenvalue weighted by Gasteiger charge is 2.36. The second-order valence-electron chi connectivity index (χ2n) is 5.67. The zero-order valence-electron chi connectivity index (χ0n) is 12.4. The van der Waals surface area contributed by atoms with Crippen LogP contribution in [0.1, 0.15) is 12.8 Å². The van der Waals surface area contributed by atoms with E-state index < -0.39 is 18.2 Å². The van der Waals surface area contributed by atoms with E-state index in [-0.39, 0.29) is 24.2 Å². The lowest BCUT2D eigenvalue weighted by Crippen LogP contribution is -2.48. The molecular weight excluding hydrogens is 341 g/mol. The van der Waals surface area contributed by atoms with Gasteiger partial charge in [-0.25, -0.2) is 0 Å². The maximum atomic E-state index is 12.4. The molecule has 1 aromatic carbocycles. The van der Waals surface area contributed by atoms with Gasteiger partial charge in [-0.2, -0.15) is 0 Å². The normalized spacial score (nSPS) is 27.0. The van der Waals surface area contributed by atoms with Gasteiger partial charge in [-0.3, -0.25) is 9.59 Å². The number of rotatable bonds is 3. The molecule has 2 heterocycles. The zero-order chi connectivity index (χ0) is 15.7. The van der Waals surface area contributed by atoms with E-state index >= 15 is 0 Å². The number of nitrogens with one attached hydrogen (secondary N) is 2. The molecule has 8 heteroatoms. The summed E-state index contributed by atoms with van der Waals surface area (Å²) in [6.45, 7) is 0.972. The molecule has 0 bridgehead atoms. The minimum Gasteiger partial charge on any atom is -0.392 e. The molecule has 2 amide bonds. The minimum atomic E-state index is -0.511. The molecule has 0 saturated carbocycles. The van der Waals surface area contributed by atoms with E-state index in [1.54, 1.807) is 29.2 Å². The van der Waals surface area contributed by atoms with Gasteiger partial charge in [0.1, 0.15) is 6.04 Å². The molecule has 0 spiro atoms. The Morgan fingerprint density at radius 3 is 2.65 bits per heavy atom. The van der Waals surface area contributed by atoms with Gasteiger partial charge in [0.15, 0.2) is 0 Å². The second kappa shape index (κ2) is 7.49. The van der Waals surface area contributed by atoms with Gasteiger partial charge >= 0.3 is 0 Å². The van der Waals surface area contributed by atoms with E-state index in [1.165, 1.54) is 0 Å². The number of β-amino-alcohol motifs (C(OH)–C–C–N with tert-alkyl or cyclic N) is 1. The Kier molecular flexibility index (Phi) is 5.86. The van der Waals surface area contributed by atoms with Crippen molar-refractivity contribution in [2.24, 2.45) is 0 Å². The fraction of sp³-hybridized carbons (Fsp3) is 0.467. The van der Waals surface area contributed by atoms with Crippen molar-refractivity contribution in [3.63, 3.8) is 0 Å². The van der Waals surface area contributed by atoms with E-state index in [2.05, 4.69) is 10.6 Å². The Bertz CT molecular complexity index is 582. The molecular formula is C15H19Cl2N3O3. The van der Waals surface area contributed by atoms with Crippen molar-refractivity contribution in [3.05, 3.63) is 29.3 Å². The van der Waals surface area contributed by atoms with Crippen molar-refractivity contribution in [3.8, 4) is 0 Å². The van der Waals surface area contributed by atoms with E-state index in [9.17, 15) is 14.7 Å². The number of halogens is 2. The monoisotopic (exact) mass is 359 g/mol. The fourth-order valence-corrected chi connectivity index (χ4v) is 3.01. The van der Waals surface area contributed by atoms with E-state index in [0.29, 0.717) is 31.0 Å². The van der Waals surface area contributed by atoms with Crippen LogP contribution in [0.2, 0.25) is 5.02 Å². The Morgan fingerprint density at radius 1 is 1.35 bits per heavy atom. The number of nitrogens with zero attached hydrogens (tertiary/aromatic N) is 1. The van der Waals surface area contributed by atoms with Crippen molar-refractivity contribution in [1.29, 1.82) is 0 Å². The first kappa shape index (κ1) is 18.0. The van der Waals surface area contributed by atoms with Gasteiger partial charge in [-0.1, -0.05) is 11.6 Å². The van der Waals surface area contributed by atoms with Crippen LogP contribution >= 0.6 is 24.0 Å². The number of benzene rings is 1. The van der Waals surface area contributed by atoms with Crippen molar-refractivity contribution >= 4 is 41.5 Å². The van der Waals surface area contributed by atoms with Crippen LogP contribution in [0.25, 0.3) is 0 Å². The molecule has 3 atom stereocenters. The predicted molar refractivity (Wildman–Crippen MR) is 90.0 cm³/mol. The Morgan fingerprint density at radius 2 is 2.04 bits per heavy atom. The third-order valence-corrected chi connectivity index (χ3v) is 4.34. The van der Waals surface area contributed by atoms with Crippen molar-refractivity contribution < 1.29 is 14.7 Å². The highest BCUT2D eigenvalue weighted by molar-refractivity contribution is 6.30. The molecule has 0 radical (unpaired) electrons. The number of carbonyl (C=O) groups excluding carboxylic acids is 2. The summed E-state index contributed by atoms with van der Waals surface area (Å²) in [6.07, 6.45) is 0.455. The van der Waals surface area contributed by atoms with Gasteiger partial charge in [-0.05, 0) is 37.1 Å². The average molecular weight is 360 g/mol. The number of carbonyl (C=O) groups is 2. The molecule has 2 fully saturated rings. The van der Waals surface area contributed by atoms with E-state index in [0.717, 1.165) is 5.69 Å². The van der Waals surface area contributed by atoms with E-state index in [4.69, 9.17) is 11.6 Å². The SMILES string of the molecule is Cl.O=C(NC1CCN(c2ccc(Cl)cc2)C1=O)C1CC(O)CN1. The molecule has 0 aliphatic carbocycles. The molecule has 2 aliphatic rings. The summed E-state index contributed by atoms with van der Waals surface area (Å²) in [5.41, 5.74) is 0.778. The van der Waals surface area contributed by atoms with Crippen LogP contribution < -0.4 is 15.5 Å². The maximum absolute atomic E-state index is 12.4. The second-order valence-corrected chi connectivity index (χ2v) is 6.10. The average Bonchev–Trinajstić information content (AvgIpc) is 3.08. The number of anilines is 1.